The number of benzene rings is 1. The van der Waals surface area contributed by atoms with Gasteiger partial charge in [-0.15, -0.1) is 0 Å². The number of hydrogen-bond acceptors (Lipinski definition) is 2. The highest BCUT2D eigenvalue weighted by atomic mass is 19.2. The summed E-state index contributed by atoms with van der Waals surface area (Å²) in [5, 5.41) is 0. The summed E-state index contributed by atoms with van der Waals surface area (Å²) in [4.78, 5) is 9.18. The summed E-state index contributed by atoms with van der Waals surface area (Å²) in [6.07, 6.45) is 0.163. The van der Waals surface area contributed by atoms with E-state index in [0.717, 1.165) is 6.07 Å². The van der Waals surface area contributed by atoms with Gasteiger partial charge in [-0.25, -0.2) is 13.2 Å². The number of rotatable bonds is 3. The highest BCUT2D eigenvalue weighted by molar-refractivity contribution is 5.36. The Bertz CT molecular complexity index is 352. The monoisotopic (exact) mass is 248 g/mol. The number of halogens is 3. The molecule has 0 fully saturated rings. The predicted molar refractivity (Wildman–Crippen MR) is 58.1 cm³/mol. The summed E-state index contributed by atoms with van der Waals surface area (Å²) in [5.41, 5.74) is -0.0294. The van der Waals surface area contributed by atoms with E-state index >= 15 is 0 Å². The standard InChI is InChI=1S/C9H9F3.C3H6O2/c1-3-6-8(11)5(2)4-7(10)9(6)12;1-2-5-3-4/h4H,3H2,1-2H3;3H,2H2,1H3. The Morgan fingerprint density at radius 3 is 2.18 bits per heavy atom. The first kappa shape index (κ1) is 15.5. The minimum absolute atomic E-state index is 0.144. The maximum Gasteiger partial charge on any atom is 0.293 e. The molecular formula is C12H15F3O2. The molecule has 0 bridgehead atoms. The third-order valence-corrected chi connectivity index (χ3v) is 2.02. The van der Waals surface area contributed by atoms with Crippen molar-refractivity contribution >= 4 is 6.47 Å². The first-order chi connectivity index (χ1) is 7.99. The van der Waals surface area contributed by atoms with E-state index in [4.69, 9.17) is 0 Å². The number of carbonyl (C=O) groups excluding carboxylic acids is 1. The summed E-state index contributed by atoms with van der Waals surface area (Å²) in [7, 11) is 0. The van der Waals surface area contributed by atoms with Crippen molar-refractivity contribution in [2.75, 3.05) is 6.61 Å². The molecule has 17 heavy (non-hydrogen) atoms. The lowest BCUT2D eigenvalue weighted by Gasteiger charge is -2.05. The van der Waals surface area contributed by atoms with Crippen LogP contribution in [0.1, 0.15) is 25.0 Å². The quantitative estimate of drug-likeness (QED) is 0.606. The maximum atomic E-state index is 13.0. The lowest BCUT2D eigenvalue weighted by Crippen LogP contribution is -2.00. The molecule has 5 heteroatoms. The molecule has 1 rings (SSSR count). The summed E-state index contributed by atoms with van der Waals surface area (Å²) < 4.78 is 42.7. The van der Waals surface area contributed by atoms with Crippen molar-refractivity contribution in [3.63, 3.8) is 0 Å². The summed E-state index contributed by atoms with van der Waals surface area (Å²) in [5.74, 6) is -2.69. The molecule has 0 saturated heterocycles. The van der Waals surface area contributed by atoms with Gasteiger partial charge in [0.25, 0.3) is 6.47 Å². The predicted octanol–water partition coefficient (Wildman–Crippen LogP) is 3.15. The van der Waals surface area contributed by atoms with Gasteiger partial charge in [0.2, 0.25) is 0 Å². The van der Waals surface area contributed by atoms with E-state index in [1.807, 2.05) is 0 Å². The van der Waals surface area contributed by atoms with Crippen molar-refractivity contribution in [1.82, 2.24) is 0 Å². The number of carbonyl (C=O) groups is 1. The molecule has 0 aromatic heterocycles. The minimum atomic E-state index is -1.07. The van der Waals surface area contributed by atoms with Crippen molar-refractivity contribution in [3.8, 4) is 0 Å². The van der Waals surface area contributed by atoms with E-state index in [2.05, 4.69) is 4.74 Å². The highest BCUT2D eigenvalue weighted by Crippen LogP contribution is 2.19. The van der Waals surface area contributed by atoms with Crippen LogP contribution in [-0.2, 0) is 16.0 Å². The molecule has 0 spiro atoms. The van der Waals surface area contributed by atoms with Gasteiger partial charge in [0.05, 0.1) is 6.61 Å². The third-order valence-electron chi connectivity index (χ3n) is 2.02. The van der Waals surface area contributed by atoms with E-state index in [1.54, 1.807) is 13.8 Å². The van der Waals surface area contributed by atoms with Crippen LogP contribution in [0.5, 0.6) is 0 Å². The third kappa shape index (κ3) is 4.46. The van der Waals surface area contributed by atoms with Gasteiger partial charge < -0.3 is 4.74 Å². The molecule has 0 saturated carbocycles. The Labute approximate surface area is 98.4 Å². The van der Waals surface area contributed by atoms with E-state index in [0.29, 0.717) is 13.1 Å². The Kier molecular flexibility index (Phi) is 7.02. The van der Waals surface area contributed by atoms with Crippen molar-refractivity contribution in [2.45, 2.75) is 27.2 Å². The molecule has 0 heterocycles. The Hall–Kier alpha value is -1.52. The van der Waals surface area contributed by atoms with E-state index in [1.165, 1.54) is 6.92 Å². The van der Waals surface area contributed by atoms with Crippen molar-refractivity contribution < 1.29 is 22.7 Å². The van der Waals surface area contributed by atoms with Gasteiger partial charge in [-0.3, -0.25) is 4.79 Å². The van der Waals surface area contributed by atoms with Crippen LogP contribution in [0, 0.1) is 24.4 Å². The largest absolute Gasteiger partial charge is 0.468 e. The molecule has 0 amide bonds. The average molecular weight is 248 g/mol. The zero-order valence-electron chi connectivity index (χ0n) is 10.0. The minimum Gasteiger partial charge on any atom is -0.468 e. The van der Waals surface area contributed by atoms with Crippen LogP contribution < -0.4 is 0 Å². The second-order valence-corrected chi connectivity index (χ2v) is 3.19. The fraction of sp³-hybridized carbons (Fsp3) is 0.417. The van der Waals surface area contributed by atoms with Crippen LogP contribution in [0.4, 0.5) is 13.2 Å². The molecule has 96 valence electrons. The fourth-order valence-electron chi connectivity index (χ4n) is 1.17. The SMILES string of the molecule is CCOC=O.CCc1c(F)c(C)cc(F)c1F. The lowest BCUT2D eigenvalue weighted by atomic mass is 10.1. The Morgan fingerprint density at radius 2 is 1.82 bits per heavy atom. The van der Waals surface area contributed by atoms with Crippen molar-refractivity contribution in [2.24, 2.45) is 0 Å². The van der Waals surface area contributed by atoms with Crippen LogP contribution >= 0.6 is 0 Å². The van der Waals surface area contributed by atoms with Gasteiger partial charge >= 0.3 is 0 Å². The van der Waals surface area contributed by atoms with Gasteiger partial charge in [-0.2, -0.15) is 0 Å². The molecule has 1 aromatic rings. The first-order valence-electron chi connectivity index (χ1n) is 5.17. The molecular weight excluding hydrogens is 233 g/mol. The van der Waals surface area contributed by atoms with Crippen molar-refractivity contribution in [3.05, 3.63) is 34.6 Å². The number of aryl methyl sites for hydroxylation is 1. The summed E-state index contributed by atoms with van der Waals surface area (Å²) in [6, 6.07) is 0.865. The average Bonchev–Trinajstić information content (AvgIpc) is 2.29. The molecule has 0 unspecified atom stereocenters. The van der Waals surface area contributed by atoms with E-state index in [9.17, 15) is 18.0 Å². The Morgan fingerprint density at radius 1 is 1.24 bits per heavy atom. The zero-order valence-corrected chi connectivity index (χ0v) is 10.0. The molecule has 0 aliphatic heterocycles. The van der Waals surface area contributed by atoms with Crippen LogP contribution in [0.25, 0.3) is 0 Å². The van der Waals surface area contributed by atoms with E-state index in [-0.39, 0.29) is 17.5 Å². The summed E-state index contributed by atoms with van der Waals surface area (Å²) in [6.45, 7) is 5.66. The number of ether oxygens (including phenoxy) is 1. The smallest absolute Gasteiger partial charge is 0.293 e. The summed E-state index contributed by atoms with van der Waals surface area (Å²) >= 11 is 0. The van der Waals surface area contributed by atoms with Gasteiger partial charge in [-0.1, -0.05) is 6.92 Å². The molecule has 0 atom stereocenters. The normalized spacial score (nSPS) is 9.29. The van der Waals surface area contributed by atoms with E-state index < -0.39 is 17.5 Å². The van der Waals surface area contributed by atoms with Gasteiger partial charge in [0.15, 0.2) is 11.6 Å². The molecule has 0 radical (unpaired) electrons. The highest BCUT2D eigenvalue weighted by Gasteiger charge is 2.14. The molecule has 0 N–H and O–H groups in total. The zero-order chi connectivity index (χ0) is 13.4. The number of hydrogen-bond donors (Lipinski definition) is 0. The molecule has 0 aliphatic rings. The van der Waals surface area contributed by atoms with Gasteiger partial charge in [-0.05, 0) is 31.9 Å². The van der Waals surface area contributed by atoms with Crippen LogP contribution in [0.2, 0.25) is 0 Å². The van der Waals surface area contributed by atoms with Crippen LogP contribution in [-0.4, -0.2) is 13.1 Å². The first-order valence-corrected chi connectivity index (χ1v) is 5.17. The molecule has 1 aromatic carbocycles. The topological polar surface area (TPSA) is 26.3 Å². The lowest BCUT2D eigenvalue weighted by molar-refractivity contribution is -0.128. The van der Waals surface area contributed by atoms with Gasteiger partial charge in [0.1, 0.15) is 5.82 Å². The second-order valence-electron chi connectivity index (χ2n) is 3.19. The van der Waals surface area contributed by atoms with Crippen LogP contribution in [0.3, 0.4) is 0 Å². The molecule has 2 nitrogen and oxygen atoms in total. The van der Waals surface area contributed by atoms with Gasteiger partial charge in [0, 0.05) is 5.56 Å². The maximum absolute atomic E-state index is 13.0. The Balaban J connectivity index is 0.000000437. The van der Waals surface area contributed by atoms with Crippen LogP contribution in [0.15, 0.2) is 6.07 Å². The fourth-order valence-corrected chi connectivity index (χ4v) is 1.17. The second kappa shape index (κ2) is 7.70. The molecule has 0 aliphatic carbocycles. The van der Waals surface area contributed by atoms with Crippen molar-refractivity contribution in [1.29, 1.82) is 0 Å².